The quantitative estimate of drug-likeness (QED) is 0.837. The fourth-order valence-electron chi connectivity index (χ4n) is 2.02. The van der Waals surface area contributed by atoms with E-state index < -0.39 is 7.60 Å². The van der Waals surface area contributed by atoms with E-state index in [4.69, 9.17) is 4.52 Å². The van der Waals surface area contributed by atoms with Gasteiger partial charge in [-0.25, -0.2) is 0 Å². The molecule has 4 heteroatoms. The van der Waals surface area contributed by atoms with Crippen LogP contribution in [0.15, 0.2) is 54.6 Å². The molecule has 0 aliphatic heterocycles. The molecule has 0 saturated carbocycles. The average molecular weight is 276 g/mol. The molecule has 0 radical (unpaired) electrons. The van der Waals surface area contributed by atoms with Crippen molar-refractivity contribution in [2.75, 3.05) is 6.61 Å². The van der Waals surface area contributed by atoms with Gasteiger partial charge in [0, 0.05) is 0 Å². The Labute approximate surface area is 113 Å². The molecule has 0 aliphatic carbocycles. The number of benzene rings is 2. The maximum Gasteiger partial charge on any atom is 0.332 e. The van der Waals surface area contributed by atoms with Crippen molar-refractivity contribution in [2.24, 2.45) is 0 Å². The zero-order chi connectivity index (χ0) is 13.7. The number of hydrogen-bond donors (Lipinski definition) is 1. The molecule has 0 aliphatic rings. The first-order valence-electron chi connectivity index (χ1n) is 6.22. The standard InChI is InChI=1S/C15H17O3P/c1-2-18-19(16,17)12-14-10-6-7-11-15(14)13-8-4-3-5-9-13/h3-11H,2,12H2,1H3,(H,16,17). The molecule has 0 bridgehead atoms. The highest BCUT2D eigenvalue weighted by molar-refractivity contribution is 7.51. The van der Waals surface area contributed by atoms with Gasteiger partial charge in [-0.3, -0.25) is 4.57 Å². The summed E-state index contributed by atoms with van der Waals surface area (Å²) in [7, 11) is -3.56. The van der Waals surface area contributed by atoms with Gasteiger partial charge in [-0.15, -0.1) is 0 Å². The second-order valence-corrected chi connectivity index (χ2v) is 6.09. The van der Waals surface area contributed by atoms with Crippen LogP contribution < -0.4 is 0 Å². The van der Waals surface area contributed by atoms with Gasteiger partial charge in [0.25, 0.3) is 0 Å². The Balaban J connectivity index is 2.35. The first-order valence-corrected chi connectivity index (χ1v) is 7.98. The Bertz CT molecular complexity index is 581. The summed E-state index contributed by atoms with van der Waals surface area (Å²) in [6.45, 7) is 1.95. The molecule has 3 nitrogen and oxygen atoms in total. The highest BCUT2D eigenvalue weighted by Gasteiger charge is 2.21. The Morgan fingerprint density at radius 3 is 2.37 bits per heavy atom. The van der Waals surface area contributed by atoms with Gasteiger partial charge in [0.15, 0.2) is 0 Å². The van der Waals surface area contributed by atoms with Crippen LogP contribution in [0.2, 0.25) is 0 Å². The zero-order valence-corrected chi connectivity index (χ0v) is 11.7. The molecular weight excluding hydrogens is 259 g/mol. The molecule has 0 aromatic heterocycles. The van der Waals surface area contributed by atoms with E-state index in [1.165, 1.54) is 0 Å². The average Bonchev–Trinajstić information content (AvgIpc) is 2.40. The van der Waals surface area contributed by atoms with Crippen molar-refractivity contribution >= 4 is 7.60 Å². The Kier molecular flexibility index (Phi) is 4.54. The van der Waals surface area contributed by atoms with Gasteiger partial charge in [0.1, 0.15) is 0 Å². The SMILES string of the molecule is CCOP(=O)(O)Cc1ccccc1-c1ccccc1. The number of rotatable bonds is 5. The van der Waals surface area contributed by atoms with E-state index >= 15 is 0 Å². The van der Waals surface area contributed by atoms with Crippen molar-refractivity contribution in [2.45, 2.75) is 13.1 Å². The molecule has 100 valence electrons. The van der Waals surface area contributed by atoms with E-state index in [9.17, 15) is 9.46 Å². The monoisotopic (exact) mass is 276 g/mol. The van der Waals surface area contributed by atoms with Crippen molar-refractivity contribution in [3.05, 3.63) is 60.2 Å². The summed E-state index contributed by atoms with van der Waals surface area (Å²) in [6, 6.07) is 17.4. The Morgan fingerprint density at radius 1 is 1.05 bits per heavy atom. The smallest absolute Gasteiger partial charge is 0.324 e. The van der Waals surface area contributed by atoms with Crippen molar-refractivity contribution < 1.29 is 14.0 Å². The van der Waals surface area contributed by atoms with E-state index in [1.807, 2.05) is 54.6 Å². The summed E-state index contributed by atoms with van der Waals surface area (Å²) in [4.78, 5) is 9.77. The minimum absolute atomic E-state index is 0.0336. The molecule has 0 saturated heterocycles. The lowest BCUT2D eigenvalue weighted by molar-refractivity contribution is 0.272. The molecule has 1 atom stereocenters. The summed E-state index contributed by atoms with van der Waals surface area (Å²) in [6.07, 6.45) is 0.0336. The predicted octanol–water partition coefficient (Wildman–Crippen LogP) is 4.08. The second kappa shape index (κ2) is 6.16. The maximum atomic E-state index is 11.9. The molecule has 1 N–H and O–H groups in total. The van der Waals surface area contributed by atoms with Gasteiger partial charge in [0.05, 0.1) is 12.8 Å². The van der Waals surface area contributed by atoms with Gasteiger partial charge < -0.3 is 9.42 Å². The van der Waals surface area contributed by atoms with Crippen LogP contribution in [-0.4, -0.2) is 11.5 Å². The molecule has 2 rings (SSSR count). The molecule has 2 aromatic carbocycles. The van der Waals surface area contributed by atoms with Crippen molar-refractivity contribution in [3.8, 4) is 11.1 Å². The summed E-state index contributed by atoms with van der Waals surface area (Å²) in [5.74, 6) is 0. The van der Waals surface area contributed by atoms with E-state index in [0.29, 0.717) is 0 Å². The van der Waals surface area contributed by atoms with Gasteiger partial charge in [-0.2, -0.15) is 0 Å². The van der Waals surface area contributed by atoms with Gasteiger partial charge in [-0.05, 0) is 23.6 Å². The van der Waals surface area contributed by atoms with E-state index in [2.05, 4.69) is 0 Å². The fourth-order valence-corrected chi connectivity index (χ4v) is 3.22. The third kappa shape index (κ3) is 3.77. The third-order valence-electron chi connectivity index (χ3n) is 2.80. The second-order valence-electron chi connectivity index (χ2n) is 4.24. The summed E-state index contributed by atoms with van der Waals surface area (Å²) in [5, 5.41) is 0. The van der Waals surface area contributed by atoms with Gasteiger partial charge >= 0.3 is 7.60 Å². The molecule has 0 amide bonds. The lowest BCUT2D eigenvalue weighted by atomic mass is 10.0. The van der Waals surface area contributed by atoms with Crippen molar-refractivity contribution in [1.29, 1.82) is 0 Å². The first kappa shape index (κ1) is 14.0. The van der Waals surface area contributed by atoms with Crippen LogP contribution in [0.5, 0.6) is 0 Å². The van der Waals surface area contributed by atoms with Crippen LogP contribution in [0.4, 0.5) is 0 Å². The Hall–Kier alpha value is -1.41. The van der Waals surface area contributed by atoms with Crippen LogP contribution in [0, 0.1) is 0 Å². The van der Waals surface area contributed by atoms with E-state index in [-0.39, 0.29) is 12.8 Å². The molecular formula is C15H17O3P. The van der Waals surface area contributed by atoms with Crippen molar-refractivity contribution in [1.82, 2.24) is 0 Å². The van der Waals surface area contributed by atoms with Crippen LogP contribution in [0.1, 0.15) is 12.5 Å². The number of hydrogen-bond acceptors (Lipinski definition) is 2. The highest BCUT2D eigenvalue weighted by Crippen LogP contribution is 2.47. The molecule has 0 fully saturated rings. The molecule has 0 heterocycles. The molecule has 0 spiro atoms. The summed E-state index contributed by atoms with van der Waals surface area (Å²) >= 11 is 0. The summed E-state index contributed by atoms with van der Waals surface area (Å²) in [5.41, 5.74) is 2.83. The normalized spacial score (nSPS) is 14.0. The zero-order valence-electron chi connectivity index (χ0n) is 10.8. The maximum absolute atomic E-state index is 11.9. The Morgan fingerprint density at radius 2 is 1.68 bits per heavy atom. The first-order chi connectivity index (χ1) is 9.12. The fraction of sp³-hybridized carbons (Fsp3) is 0.200. The third-order valence-corrected chi connectivity index (χ3v) is 4.21. The van der Waals surface area contributed by atoms with Crippen LogP contribution in [0.3, 0.4) is 0 Å². The highest BCUT2D eigenvalue weighted by atomic mass is 31.2. The molecule has 1 unspecified atom stereocenters. The van der Waals surface area contributed by atoms with E-state index in [0.717, 1.165) is 16.7 Å². The lowest BCUT2D eigenvalue weighted by Gasteiger charge is -2.14. The van der Waals surface area contributed by atoms with Gasteiger partial charge in [-0.1, -0.05) is 54.6 Å². The van der Waals surface area contributed by atoms with Crippen LogP contribution in [-0.2, 0) is 15.3 Å². The predicted molar refractivity (Wildman–Crippen MR) is 77.0 cm³/mol. The van der Waals surface area contributed by atoms with E-state index in [1.54, 1.807) is 6.92 Å². The molecule has 2 aromatic rings. The topological polar surface area (TPSA) is 46.5 Å². The van der Waals surface area contributed by atoms with Crippen molar-refractivity contribution in [3.63, 3.8) is 0 Å². The minimum atomic E-state index is -3.56. The van der Waals surface area contributed by atoms with Crippen LogP contribution in [0.25, 0.3) is 11.1 Å². The van der Waals surface area contributed by atoms with Crippen LogP contribution >= 0.6 is 7.60 Å². The van der Waals surface area contributed by atoms with Gasteiger partial charge in [0.2, 0.25) is 0 Å². The minimum Gasteiger partial charge on any atom is -0.324 e. The summed E-state index contributed by atoms with van der Waals surface area (Å²) < 4.78 is 16.8. The largest absolute Gasteiger partial charge is 0.332 e. The molecule has 19 heavy (non-hydrogen) atoms. The lowest BCUT2D eigenvalue weighted by Crippen LogP contribution is -1.95.